The van der Waals surface area contributed by atoms with Crippen molar-refractivity contribution in [3.05, 3.63) is 106 Å². The molecule has 8 heteroatoms. The number of fused-ring (bicyclic) bond motifs is 1. The third-order valence-corrected chi connectivity index (χ3v) is 6.13. The third kappa shape index (κ3) is 4.97. The smallest absolute Gasteiger partial charge is 0.269 e. The van der Waals surface area contributed by atoms with E-state index in [1.54, 1.807) is 23.9 Å². The fourth-order valence-electron chi connectivity index (χ4n) is 3.43. The lowest BCUT2D eigenvalue weighted by molar-refractivity contribution is -0.384. The van der Waals surface area contributed by atoms with Gasteiger partial charge in [0, 0.05) is 58.5 Å². The largest absolute Gasteiger partial charge is 0.350 e. The number of nitrogens with zero attached hydrogens (tertiary/aromatic N) is 2. The quantitative estimate of drug-likeness (QED) is 0.222. The summed E-state index contributed by atoms with van der Waals surface area (Å²) in [6.45, 7) is 0.974. The van der Waals surface area contributed by atoms with Gasteiger partial charge in [-0.25, -0.2) is 4.39 Å². The highest BCUT2D eigenvalue weighted by molar-refractivity contribution is 7.98. The molecule has 1 aromatic heterocycles. The van der Waals surface area contributed by atoms with E-state index in [1.165, 1.54) is 30.3 Å². The number of nitrogens with one attached hydrogen (secondary N) is 1. The highest BCUT2D eigenvalue weighted by atomic mass is 32.2. The summed E-state index contributed by atoms with van der Waals surface area (Å²) in [4.78, 5) is 23.7. The Balaban J connectivity index is 1.41. The number of carbonyl (C=O) groups is 1. The van der Waals surface area contributed by atoms with Crippen LogP contribution in [-0.4, -0.2) is 21.9 Å². The van der Waals surface area contributed by atoms with Crippen LogP contribution in [0.15, 0.2) is 83.9 Å². The number of nitro benzene ring substituents is 1. The maximum Gasteiger partial charge on any atom is 0.269 e. The maximum absolute atomic E-state index is 13.5. The first-order valence-corrected chi connectivity index (χ1v) is 11.0. The van der Waals surface area contributed by atoms with E-state index in [1.807, 2.05) is 30.5 Å². The first-order valence-electron chi connectivity index (χ1n) is 9.99. The molecule has 162 valence electrons. The number of thioether (sulfide) groups is 1. The Kier molecular flexibility index (Phi) is 6.51. The number of nitro groups is 1. The minimum atomic E-state index is -0.497. The Morgan fingerprint density at radius 3 is 2.59 bits per heavy atom. The summed E-state index contributed by atoms with van der Waals surface area (Å²) < 4.78 is 15.5. The van der Waals surface area contributed by atoms with Crippen LogP contribution in [0.5, 0.6) is 0 Å². The van der Waals surface area contributed by atoms with Gasteiger partial charge >= 0.3 is 0 Å². The van der Waals surface area contributed by atoms with Crippen LogP contribution < -0.4 is 5.32 Å². The second-order valence-corrected chi connectivity index (χ2v) is 8.20. The van der Waals surface area contributed by atoms with Crippen molar-refractivity contribution >= 4 is 34.3 Å². The van der Waals surface area contributed by atoms with E-state index in [-0.39, 0.29) is 17.4 Å². The Labute approximate surface area is 188 Å². The molecular formula is C24H20FN3O3S. The third-order valence-electron chi connectivity index (χ3n) is 5.01. The number of para-hydroxylation sites is 1. The second kappa shape index (κ2) is 9.65. The lowest BCUT2D eigenvalue weighted by Crippen LogP contribution is -2.27. The summed E-state index contributed by atoms with van der Waals surface area (Å²) in [6.07, 6.45) is 2.05. The average molecular weight is 450 g/mol. The van der Waals surface area contributed by atoms with Crippen LogP contribution in [0.3, 0.4) is 0 Å². The van der Waals surface area contributed by atoms with E-state index in [0.29, 0.717) is 24.4 Å². The van der Waals surface area contributed by atoms with Crippen molar-refractivity contribution in [3.8, 4) is 0 Å². The summed E-state index contributed by atoms with van der Waals surface area (Å²) in [5.41, 5.74) is 2.30. The number of amides is 1. The van der Waals surface area contributed by atoms with Crippen molar-refractivity contribution < 1.29 is 14.1 Å². The van der Waals surface area contributed by atoms with E-state index < -0.39 is 4.92 Å². The molecule has 6 nitrogen and oxygen atoms in total. The van der Waals surface area contributed by atoms with Gasteiger partial charge in [-0.3, -0.25) is 14.9 Å². The second-order valence-electron chi connectivity index (χ2n) is 7.18. The molecule has 0 saturated heterocycles. The average Bonchev–Trinajstić information content (AvgIpc) is 3.15. The molecular weight excluding hydrogens is 429 g/mol. The molecule has 1 N–H and O–H groups in total. The van der Waals surface area contributed by atoms with Crippen LogP contribution in [0.25, 0.3) is 10.9 Å². The van der Waals surface area contributed by atoms with E-state index >= 15 is 0 Å². The molecule has 1 heterocycles. The highest BCUT2D eigenvalue weighted by Gasteiger charge is 2.11. The molecule has 4 aromatic rings. The van der Waals surface area contributed by atoms with Gasteiger partial charge in [0.05, 0.1) is 4.92 Å². The van der Waals surface area contributed by atoms with Crippen molar-refractivity contribution in [1.82, 2.24) is 9.88 Å². The molecule has 0 aliphatic rings. The van der Waals surface area contributed by atoms with Gasteiger partial charge in [0.1, 0.15) is 5.82 Å². The Morgan fingerprint density at radius 2 is 1.84 bits per heavy atom. The summed E-state index contributed by atoms with van der Waals surface area (Å²) in [7, 11) is 0. The highest BCUT2D eigenvalue weighted by Crippen LogP contribution is 2.32. The number of rotatable bonds is 8. The van der Waals surface area contributed by atoms with Crippen LogP contribution in [-0.2, 0) is 12.3 Å². The summed E-state index contributed by atoms with van der Waals surface area (Å²) in [6, 6.07) is 20.1. The van der Waals surface area contributed by atoms with Gasteiger partial charge < -0.3 is 9.88 Å². The molecule has 0 aliphatic carbocycles. The minimum Gasteiger partial charge on any atom is -0.350 e. The van der Waals surface area contributed by atoms with E-state index in [4.69, 9.17) is 0 Å². The van der Waals surface area contributed by atoms with Gasteiger partial charge in [-0.2, -0.15) is 0 Å². The van der Waals surface area contributed by atoms with Crippen molar-refractivity contribution in [1.29, 1.82) is 0 Å². The normalized spacial score (nSPS) is 10.9. The minimum absolute atomic E-state index is 0.0522. The molecule has 0 saturated carbocycles. The molecule has 0 unspecified atom stereocenters. The molecule has 3 aromatic carbocycles. The Bertz CT molecular complexity index is 1270. The van der Waals surface area contributed by atoms with Gasteiger partial charge in [-0.15, -0.1) is 11.8 Å². The number of carbonyl (C=O) groups excluding carboxylic acids is 1. The van der Waals surface area contributed by atoms with Crippen LogP contribution in [0.1, 0.15) is 15.9 Å². The van der Waals surface area contributed by atoms with Gasteiger partial charge in [0.2, 0.25) is 0 Å². The van der Waals surface area contributed by atoms with Crippen LogP contribution in [0.2, 0.25) is 0 Å². The molecule has 0 fully saturated rings. The van der Waals surface area contributed by atoms with Gasteiger partial charge in [0.25, 0.3) is 11.6 Å². The van der Waals surface area contributed by atoms with Crippen LogP contribution in [0, 0.1) is 15.9 Å². The predicted molar refractivity (Wildman–Crippen MR) is 123 cm³/mol. The van der Waals surface area contributed by atoms with Crippen molar-refractivity contribution in [2.75, 3.05) is 6.54 Å². The molecule has 1 amide bonds. The number of hydrogen-bond donors (Lipinski definition) is 1. The zero-order chi connectivity index (χ0) is 22.5. The van der Waals surface area contributed by atoms with Crippen LogP contribution in [0.4, 0.5) is 10.1 Å². The maximum atomic E-state index is 13.5. The number of aromatic nitrogens is 1. The monoisotopic (exact) mass is 449 g/mol. The summed E-state index contributed by atoms with van der Waals surface area (Å²) in [5.74, 6) is 0.134. The molecule has 0 spiro atoms. The molecule has 0 bridgehead atoms. The first-order chi connectivity index (χ1) is 15.5. The first kappa shape index (κ1) is 21.6. The molecule has 32 heavy (non-hydrogen) atoms. The van der Waals surface area contributed by atoms with Crippen molar-refractivity contribution in [2.24, 2.45) is 0 Å². The lowest BCUT2D eigenvalue weighted by Gasteiger charge is -2.07. The van der Waals surface area contributed by atoms with Gasteiger partial charge in [-0.1, -0.05) is 30.3 Å². The van der Waals surface area contributed by atoms with Gasteiger partial charge in [0.15, 0.2) is 0 Å². The predicted octanol–water partition coefficient (Wildman–Crippen LogP) is 5.41. The summed E-state index contributed by atoms with van der Waals surface area (Å²) >= 11 is 1.64. The molecule has 0 atom stereocenters. The van der Waals surface area contributed by atoms with Crippen molar-refractivity contribution in [3.63, 3.8) is 0 Å². The number of hydrogen-bond acceptors (Lipinski definition) is 4. The number of halogens is 1. The number of non-ortho nitro benzene ring substituents is 1. The Morgan fingerprint density at radius 1 is 1.06 bits per heavy atom. The lowest BCUT2D eigenvalue weighted by atomic mass is 10.2. The molecule has 0 aliphatic heterocycles. The van der Waals surface area contributed by atoms with Crippen molar-refractivity contribution in [2.45, 2.75) is 17.2 Å². The fraction of sp³-hybridized carbons (Fsp3) is 0.125. The van der Waals surface area contributed by atoms with Gasteiger partial charge in [-0.05, 0) is 35.9 Å². The standard InChI is InChI=1S/C24H20FN3O3S/c25-19-5-3-4-17(14-19)16-32-23-15-27(22-7-2-1-6-21(22)23)13-12-26-24(29)18-8-10-20(11-9-18)28(30)31/h1-11,14-15H,12-13,16H2,(H,26,29). The topological polar surface area (TPSA) is 77.2 Å². The zero-order valence-corrected chi connectivity index (χ0v) is 17.8. The van der Waals surface area contributed by atoms with E-state index in [0.717, 1.165) is 21.4 Å². The fourth-order valence-corrected chi connectivity index (χ4v) is 4.46. The number of benzene rings is 3. The van der Waals surface area contributed by atoms with E-state index in [2.05, 4.69) is 16.0 Å². The molecule has 0 radical (unpaired) electrons. The van der Waals surface area contributed by atoms with Crippen LogP contribution >= 0.6 is 11.8 Å². The summed E-state index contributed by atoms with van der Waals surface area (Å²) in [5, 5.41) is 14.7. The zero-order valence-electron chi connectivity index (χ0n) is 17.0. The SMILES string of the molecule is O=C(NCCn1cc(SCc2cccc(F)c2)c2ccccc21)c1ccc([N+](=O)[O-])cc1. The van der Waals surface area contributed by atoms with E-state index in [9.17, 15) is 19.3 Å². The molecule has 4 rings (SSSR count). The Hall–Kier alpha value is -3.65.